The molecule has 1 amide bonds. The van der Waals surface area contributed by atoms with Crippen LogP contribution >= 0.6 is 56.7 Å². The number of nitrogens with one attached hydrogen (secondary N) is 6. The van der Waals surface area contributed by atoms with Crippen LogP contribution in [0.3, 0.4) is 0 Å². The lowest BCUT2D eigenvalue weighted by Gasteiger charge is -2.51. The molecule has 12 nitrogen and oxygen atoms in total. The third-order valence-corrected chi connectivity index (χ3v) is 7.40. The van der Waals surface area contributed by atoms with E-state index in [0.717, 1.165) is 20.3 Å². The van der Waals surface area contributed by atoms with Gasteiger partial charge in [-0.1, -0.05) is 0 Å². The van der Waals surface area contributed by atoms with E-state index in [2.05, 4.69) is 72.4 Å². The molecule has 0 radical (unpaired) electrons. The molecule has 38 heavy (non-hydrogen) atoms. The van der Waals surface area contributed by atoms with Gasteiger partial charge in [0.25, 0.3) is 5.91 Å². The van der Waals surface area contributed by atoms with E-state index in [1.807, 2.05) is 0 Å². The Morgan fingerprint density at radius 2 is 1.45 bits per heavy atom. The van der Waals surface area contributed by atoms with Crippen LogP contribution in [0.15, 0.2) is 45.9 Å². The average molecular weight is 693 g/mol. The monoisotopic (exact) mass is 690 g/mol. The number of imidazole rings is 2. The maximum Gasteiger partial charge on any atom is 0.267 e. The first-order valence-corrected chi connectivity index (χ1v) is 12.7. The van der Waals surface area contributed by atoms with E-state index in [4.69, 9.17) is 11.5 Å². The molecule has 4 unspecified atom stereocenters. The molecule has 0 aromatic carbocycles. The topological polar surface area (TPSA) is 199 Å². The number of amides is 1. The van der Waals surface area contributed by atoms with Crippen molar-refractivity contribution in [1.82, 2.24) is 40.5 Å². The molecule has 1 saturated carbocycles. The molecule has 0 saturated heterocycles. The van der Waals surface area contributed by atoms with E-state index in [1.165, 1.54) is 0 Å². The number of carbonyl (C=O) groups is 2. The minimum absolute atomic E-state index is 0. The predicted octanol–water partition coefficient (Wildman–Crippen LogP) is 3.09. The smallest absolute Gasteiger partial charge is 0.267 e. The first kappa shape index (κ1) is 29.8. The van der Waals surface area contributed by atoms with E-state index in [-0.39, 0.29) is 66.8 Å². The molecule has 4 aromatic heterocycles. The second kappa shape index (κ2) is 12.4. The molecule has 0 spiro atoms. The van der Waals surface area contributed by atoms with E-state index in [0.29, 0.717) is 29.8 Å². The Bertz CT molecular complexity index is 1300. The van der Waals surface area contributed by atoms with E-state index >= 15 is 0 Å². The number of hydrogen-bond acceptors (Lipinski definition) is 7. The molecular weight excluding hydrogens is 667 g/mol. The Morgan fingerprint density at radius 1 is 0.895 bits per heavy atom. The van der Waals surface area contributed by atoms with Crippen LogP contribution in [0.2, 0.25) is 0 Å². The molecule has 0 aliphatic heterocycles. The summed E-state index contributed by atoms with van der Waals surface area (Å²) in [5, 5.41) is 6.41. The standard InChI is InChI=1S/C22H24Br2N10O2.2ClH/c23-9-1-12(27-3-9)16(35)8-29-19-11(5-30-20(36)13-2-10(24)4-28-13)17(14-6-31-21(25)33-14)18(19)15-7-32-22(26)34-15;;/h1-4,6-7,11,17-19,27-29H,5,8H2,(H,30,36)(H3,25,31,33)(H3,26,32,34);2*1H. The number of hydrogen-bond donors (Lipinski definition) is 8. The fourth-order valence-corrected chi connectivity index (χ4v) is 5.55. The Morgan fingerprint density at radius 3 is 1.95 bits per heavy atom. The van der Waals surface area contributed by atoms with Crippen LogP contribution in [0.1, 0.15) is 44.2 Å². The molecule has 204 valence electrons. The largest absolute Gasteiger partial charge is 0.369 e. The SMILES string of the molecule is Cl.Cl.Nc1ncc(C2C(CNC(=O)c3cc(Br)c[nH]3)C(NCC(=O)c3cc(Br)c[nH]3)C2c2cnc(N)[nH]2)[nH]1. The molecular formula is C22H26Br2Cl2N10O2. The number of aromatic nitrogens is 6. The lowest BCUT2D eigenvalue weighted by molar-refractivity contribution is 0.0827. The predicted molar refractivity (Wildman–Crippen MR) is 155 cm³/mol. The summed E-state index contributed by atoms with van der Waals surface area (Å²) >= 11 is 6.70. The fraction of sp³-hybridized carbons (Fsp3) is 0.273. The maximum absolute atomic E-state index is 12.8. The number of H-pyrrole nitrogens is 4. The van der Waals surface area contributed by atoms with E-state index < -0.39 is 0 Å². The Kier molecular flexibility index (Phi) is 9.70. The summed E-state index contributed by atoms with van der Waals surface area (Å²) in [6, 6.07) is 3.26. The van der Waals surface area contributed by atoms with Crippen molar-refractivity contribution in [2.24, 2.45) is 5.92 Å². The second-order valence-electron chi connectivity index (χ2n) is 8.67. The minimum atomic E-state index is -0.233. The number of carbonyl (C=O) groups excluding carboxylic acids is 2. The lowest BCUT2D eigenvalue weighted by atomic mass is 9.58. The molecule has 5 rings (SSSR count). The number of ketones is 1. The Labute approximate surface area is 246 Å². The summed E-state index contributed by atoms with van der Waals surface area (Å²) in [4.78, 5) is 46.0. The zero-order chi connectivity index (χ0) is 25.4. The third-order valence-electron chi connectivity index (χ3n) is 6.48. The van der Waals surface area contributed by atoms with Crippen molar-refractivity contribution in [1.29, 1.82) is 0 Å². The average Bonchev–Trinajstić information content (AvgIpc) is 3.63. The molecule has 1 aliphatic rings. The van der Waals surface area contributed by atoms with Crippen molar-refractivity contribution in [3.05, 3.63) is 68.6 Å². The van der Waals surface area contributed by atoms with Crippen molar-refractivity contribution < 1.29 is 9.59 Å². The van der Waals surface area contributed by atoms with Gasteiger partial charge >= 0.3 is 0 Å². The second-order valence-corrected chi connectivity index (χ2v) is 10.5. The van der Waals surface area contributed by atoms with E-state index in [9.17, 15) is 9.59 Å². The number of nitrogen functional groups attached to an aromatic ring is 2. The quantitative estimate of drug-likeness (QED) is 0.123. The highest BCUT2D eigenvalue weighted by molar-refractivity contribution is 9.10. The molecule has 0 bridgehead atoms. The molecule has 1 aliphatic carbocycles. The van der Waals surface area contributed by atoms with Gasteiger partial charge in [0.2, 0.25) is 0 Å². The van der Waals surface area contributed by atoms with Crippen molar-refractivity contribution in [2.45, 2.75) is 17.9 Å². The van der Waals surface area contributed by atoms with Crippen LogP contribution in [0, 0.1) is 5.92 Å². The van der Waals surface area contributed by atoms with Gasteiger partial charge in [0, 0.05) is 63.1 Å². The van der Waals surface area contributed by atoms with Crippen molar-refractivity contribution in [3.63, 3.8) is 0 Å². The van der Waals surface area contributed by atoms with Gasteiger partial charge < -0.3 is 42.0 Å². The normalized spacial score (nSPS) is 20.2. The number of nitrogens with zero attached hydrogens (tertiary/aromatic N) is 2. The summed E-state index contributed by atoms with van der Waals surface area (Å²) in [5.41, 5.74) is 14.3. The van der Waals surface area contributed by atoms with Crippen molar-refractivity contribution >= 4 is 80.3 Å². The lowest BCUT2D eigenvalue weighted by Crippen LogP contribution is -2.60. The van der Waals surface area contributed by atoms with Crippen LogP contribution in [-0.4, -0.2) is 60.7 Å². The van der Waals surface area contributed by atoms with Crippen LogP contribution in [0.5, 0.6) is 0 Å². The molecule has 4 heterocycles. The fourth-order valence-electron chi connectivity index (χ4n) is 4.86. The van der Waals surface area contributed by atoms with Gasteiger partial charge in [0.1, 0.15) is 5.69 Å². The summed E-state index contributed by atoms with van der Waals surface area (Å²) in [7, 11) is 0. The Balaban J connectivity index is 0.00000200. The van der Waals surface area contributed by atoms with Crippen LogP contribution < -0.4 is 22.1 Å². The third kappa shape index (κ3) is 6.10. The number of Topliss-reactive ketones (excluding diaryl/α,β-unsaturated/α-hetero) is 1. The van der Waals surface area contributed by atoms with E-state index in [1.54, 1.807) is 36.9 Å². The van der Waals surface area contributed by atoms with Gasteiger partial charge in [0.05, 0.1) is 24.6 Å². The molecule has 16 heteroatoms. The van der Waals surface area contributed by atoms with Gasteiger partial charge in [-0.25, -0.2) is 9.97 Å². The first-order valence-electron chi connectivity index (χ1n) is 11.1. The van der Waals surface area contributed by atoms with Crippen molar-refractivity contribution in [2.75, 3.05) is 24.6 Å². The maximum atomic E-state index is 12.8. The first-order chi connectivity index (χ1) is 17.3. The van der Waals surface area contributed by atoms with Crippen molar-refractivity contribution in [3.8, 4) is 0 Å². The summed E-state index contributed by atoms with van der Waals surface area (Å²) in [5.74, 6) is -0.0358. The van der Waals surface area contributed by atoms with Gasteiger partial charge in [-0.15, -0.1) is 24.8 Å². The molecule has 10 N–H and O–H groups in total. The highest BCUT2D eigenvalue weighted by Gasteiger charge is 2.53. The summed E-state index contributed by atoms with van der Waals surface area (Å²) in [6.45, 7) is 0.447. The number of halogens is 4. The van der Waals surface area contributed by atoms with Crippen LogP contribution in [0.25, 0.3) is 0 Å². The van der Waals surface area contributed by atoms with Gasteiger partial charge in [0.15, 0.2) is 17.7 Å². The highest BCUT2D eigenvalue weighted by Crippen LogP contribution is 2.52. The van der Waals surface area contributed by atoms with Gasteiger partial charge in [-0.05, 0) is 44.0 Å². The number of nitrogens with two attached hydrogens (primary N) is 2. The number of rotatable bonds is 9. The number of anilines is 2. The highest BCUT2D eigenvalue weighted by atomic mass is 79.9. The summed E-state index contributed by atoms with van der Waals surface area (Å²) in [6.07, 6.45) is 6.79. The number of aromatic amines is 4. The summed E-state index contributed by atoms with van der Waals surface area (Å²) < 4.78 is 1.58. The van der Waals surface area contributed by atoms with Crippen LogP contribution in [0.4, 0.5) is 11.9 Å². The van der Waals surface area contributed by atoms with Gasteiger partial charge in [-0.3, -0.25) is 9.59 Å². The Hall–Kier alpha value is -2.78. The molecule has 1 fully saturated rings. The van der Waals surface area contributed by atoms with Crippen LogP contribution in [-0.2, 0) is 0 Å². The minimum Gasteiger partial charge on any atom is -0.369 e. The zero-order valence-corrected chi connectivity index (χ0v) is 24.4. The zero-order valence-electron chi connectivity index (χ0n) is 19.6. The van der Waals surface area contributed by atoms with Gasteiger partial charge in [-0.2, -0.15) is 0 Å². The molecule has 4 aromatic rings. The molecule has 4 atom stereocenters.